The lowest BCUT2D eigenvalue weighted by Crippen LogP contribution is -2.33. The third-order valence-electron chi connectivity index (χ3n) is 6.16. The summed E-state index contributed by atoms with van der Waals surface area (Å²) in [6, 6.07) is 26.1. The van der Waals surface area contributed by atoms with Gasteiger partial charge in [-0.15, -0.1) is 0 Å². The minimum atomic E-state index is -4.12. The number of rotatable bonds is 11. The zero-order valence-electron chi connectivity index (χ0n) is 23.6. The lowest BCUT2D eigenvalue weighted by molar-refractivity contribution is 0.0955. The molecule has 0 aromatic heterocycles. The van der Waals surface area contributed by atoms with Crippen molar-refractivity contribution >= 4 is 34.0 Å². The maximum Gasteiger partial charge on any atom is 0.513 e. The summed E-state index contributed by atoms with van der Waals surface area (Å²) in [6.07, 6.45) is 0.460. The SMILES string of the molecule is COC(=O)Oc1ccc(/C=N\NC(=O)c2ccccc2N(Cc2ccccc2)S(=O)(=O)c2ccc(OC)cc2)cc1OC. The van der Waals surface area contributed by atoms with Gasteiger partial charge >= 0.3 is 6.16 Å². The van der Waals surface area contributed by atoms with Crippen LogP contribution in [0.4, 0.5) is 10.5 Å². The number of ether oxygens (including phenoxy) is 4. The van der Waals surface area contributed by atoms with Gasteiger partial charge in [0, 0.05) is 0 Å². The van der Waals surface area contributed by atoms with Gasteiger partial charge in [0.1, 0.15) is 5.75 Å². The number of hydrogen-bond donors (Lipinski definition) is 1. The average Bonchev–Trinajstić information content (AvgIpc) is 3.04. The molecule has 0 aliphatic carbocycles. The van der Waals surface area contributed by atoms with Gasteiger partial charge in [-0.1, -0.05) is 42.5 Å². The van der Waals surface area contributed by atoms with Crippen LogP contribution in [0.1, 0.15) is 21.5 Å². The molecule has 4 rings (SSSR count). The van der Waals surface area contributed by atoms with Gasteiger partial charge in [-0.3, -0.25) is 9.10 Å². The number of anilines is 1. The van der Waals surface area contributed by atoms with Gasteiger partial charge in [0.2, 0.25) is 0 Å². The normalized spacial score (nSPS) is 11.0. The van der Waals surface area contributed by atoms with Crippen molar-refractivity contribution in [3.8, 4) is 17.2 Å². The van der Waals surface area contributed by atoms with Crippen LogP contribution in [-0.2, 0) is 21.3 Å². The van der Waals surface area contributed by atoms with E-state index < -0.39 is 22.1 Å². The van der Waals surface area contributed by atoms with Crippen LogP contribution in [0.3, 0.4) is 0 Å². The molecular formula is C31H29N3O8S. The highest BCUT2D eigenvalue weighted by Gasteiger charge is 2.28. The second-order valence-corrected chi connectivity index (χ2v) is 10.7. The van der Waals surface area contributed by atoms with Gasteiger partial charge in [0.15, 0.2) is 11.5 Å². The van der Waals surface area contributed by atoms with Crippen LogP contribution in [0, 0.1) is 0 Å². The van der Waals surface area contributed by atoms with Gasteiger partial charge in [0.05, 0.1) is 50.2 Å². The molecule has 0 aliphatic rings. The zero-order valence-corrected chi connectivity index (χ0v) is 24.4. The average molecular weight is 604 g/mol. The maximum absolute atomic E-state index is 14.0. The van der Waals surface area contributed by atoms with E-state index in [1.54, 1.807) is 54.6 Å². The molecule has 0 heterocycles. The largest absolute Gasteiger partial charge is 0.513 e. The van der Waals surface area contributed by atoms with E-state index in [1.807, 2.05) is 18.2 Å². The molecule has 0 unspecified atom stereocenters. The van der Waals surface area contributed by atoms with Crippen molar-refractivity contribution < 1.29 is 37.0 Å². The molecule has 43 heavy (non-hydrogen) atoms. The number of para-hydroxylation sites is 1. The Balaban J connectivity index is 1.63. The van der Waals surface area contributed by atoms with E-state index in [0.717, 1.165) is 5.56 Å². The number of benzene rings is 4. The molecule has 0 saturated carbocycles. The number of nitrogens with one attached hydrogen (secondary N) is 1. The van der Waals surface area contributed by atoms with Crippen LogP contribution in [0.2, 0.25) is 0 Å². The Labute approximate surface area is 249 Å². The van der Waals surface area contributed by atoms with Gasteiger partial charge in [-0.25, -0.2) is 18.6 Å². The first-order valence-corrected chi connectivity index (χ1v) is 14.3. The fraction of sp³-hybridized carbons (Fsp3) is 0.129. The Kier molecular flexibility index (Phi) is 9.97. The summed E-state index contributed by atoms with van der Waals surface area (Å²) in [5, 5.41) is 4.03. The van der Waals surface area contributed by atoms with Crippen molar-refractivity contribution in [3.05, 3.63) is 114 Å². The van der Waals surface area contributed by atoms with Crippen molar-refractivity contribution in [1.82, 2.24) is 5.43 Å². The van der Waals surface area contributed by atoms with Crippen LogP contribution in [-0.4, -0.2) is 48.0 Å². The highest BCUT2D eigenvalue weighted by Crippen LogP contribution is 2.30. The Morgan fingerprint density at radius 3 is 2.21 bits per heavy atom. The minimum Gasteiger partial charge on any atom is -0.497 e. The summed E-state index contributed by atoms with van der Waals surface area (Å²) in [6.45, 7) is -0.0252. The topological polar surface area (TPSA) is 133 Å². The molecule has 0 aliphatic heterocycles. The number of carbonyl (C=O) groups excluding carboxylic acids is 2. The summed E-state index contributed by atoms with van der Waals surface area (Å²) in [5.41, 5.74) is 3.96. The monoisotopic (exact) mass is 603 g/mol. The second-order valence-electron chi connectivity index (χ2n) is 8.86. The Hall–Kier alpha value is -5.36. The lowest BCUT2D eigenvalue weighted by atomic mass is 10.1. The molecular weight excluding hydrogens is 574 g/mol. The second kappa shape index (κ2) is 14.0. The number of sulfonamides is 1. The van der Waals surface area contributed by atoms with Crippen molar-refractivity contribution in [3.63, 3.8) is 0 Å². The molecule has 12 heteroatoms. The van der Waals surface area contributed by atoms with Crippen LogP contribution in [0.5, 0.6) is 17.2 Å². The first-order chi connectivity index (χ1) is 20.8. The fourth-order valence-corrected chi connectivity index (χ4v) is 5.48. The summed E-state index contributed by atoms with van der Waals surface area (Å²) in [5.74, 6) is 0.259. The van der Waals surface area contributed by atoms with Crippen LogP contribution < -0.4 is 23.9 Å². The highest BCUT2D eigenvalue weighted by molar-refractivity contribution is 7.92. The molecule has 4 aromatic rings. The summed E-state index contributed by atoms with van der Waals surface area (Å²) >= 11 is 0. The molecule has 0 saturated heterocycles. The van der Waals surface area contributed by atoms with E-state index in [0.29, 0.717) is 11.3 Å². The number of amides is 1. The molecule has 1 N–H and O–H groups in total. The number of hydrogen-bond acceptors (Lipinski definition) is 9. The van der Waals surface area contributed by atoms with Gasteiger partial charge in [0.25, 0.3) is 15.9 Å². The standard InChI is InChI=1S/C31H29N3O8S/c1-39-24-14-16-25(17-15-24)43(37,38)34(21-22-9-5-4-6-10-22)27-12-8-7-11-26(27)30(35)33-32-20-23-13-18-28(29(19-23)40-2)42-31(36)41-3/h4-20H,21H2,1-3H3,(H,33,35)/b32-20-. The van der Waals surface area contributed by atoms with Crippen molar-refractivity contribution in [2.24, 2.45) is 5.10 Å². The molecule has 0 fully saturated rings. The van der Waals surface area contributed by atoms with E-state index in [-0.39, 0.29) is 34.2 Å². The molecule has 0 spiro atoms. The third-order valence-corrected chi connectivity index (χ3v) is 7.94. The Bertz CT molecular complexity index is 1710. The summed E-state index contributed by atoms with van der Waals surface area (Å²) < 4.78 is 49.1. The highest BCUT2D eigenvalue weighted by atomic mass is 32.2. The van der Waals surface area contributed by atoms with Crippen molar-refractivity contribution in [1.29, 1.82) is 0 Å². The van der Waals surface area contributed by atoms with E-state index in [9.17, 15) is 18.0 Å². The molecule has 222 valence electrons. The predicted molar refractivity (Wildman–Crippen MR) is 160 cm³/mol. The summed E-state index contributed by atoms with van der Waals surface area (Å²) in [4.78, 5) is 24.8. The Morgan fingerprint density at radius 1 is 0.837 bits per heavy atom. The van der Waals surface area contributed by atoms with Gasteiger partial charge < -0.3 is 18.9 Å². The molecule has 0 radical (unpaired) electrons. The number of nitrogens with zero attached hydrogens (tertiary/aromatic N) is 2. The molecule has 1 amide bonds. The van der Waals surface area contributed by atoms with Gasteiger partial charge in [-0.05, 0) is 65.7 Å². The van der Waals surface area contributed by atoms with Crippen LogP contribution in [0.25, 0.3) is 0 Å². The minimum absolute atomic E-state index is 0.0252. The van der Waals surface area contributed by atoms with Crippen LogP contribution in [0.15, 0.2) is 107 Å². The fourth-order valence-electron chi connectivity index (χ4n) is 4.01. The van der Waals surface area contributed by atoms with Gasteiger partial charge in [-0.2, -0.15) is 5.10 Å². The molecule has 4 aromatic carbocycles. The zero-order chi connectivity index (χ0) is 30.8. The van der Waals surface area contributed by atoms with E-state index in [2.05, 4.69) is 15.3 Å². The molecule has 0 atom stereocenters. The van der Waals surface area contributed by atoms with E-state index in [1.165, 1.54) is 56.1 Å². The number of hydrazone groups is 1. The van der Waals surface area contributed by atoms with E-state index in [4.69, 9.17) is 14.2 Å². The smallest absolute Gasteiger partial charge is 0.497 e. The number of methoxy groups -OCH3 is 3. The van der Waals surface area contributed by atoms with E-state index >= 15 is 0 Å². The van der Waals surface area contributed by atoms with Crippen LogP contribution >= 0.6 is 0 Å². The van der Waals surface area contributed by atoms with Crippen molar-refractivity contribution in [2.75, 3.05) is 25.6 Å². The third kappa shape index (κ3) is 7.49. The Morgan fingerprint density at radius 2 is 1.53 bits per heavy atom. The molecule has 11 nitrogen and oxygen atoms in total. The lowest BCUT2D eigenvalue weighted by Gasteiger charge is -2.26. The maximum atomic E-state index is 14.0. The summed E-state index contributed by atoms with van der Waals surface area (Å²) in [7, 11) is -0.0352. The number of carbonyl (C=O) groups is 2. The molecule has 0 bridgehead atoms. The first kappa shape index (κ1) is 30.6. The predicted octanol–water partition coefficient (Wildman–Crippen LogP) is 5.01. The van der Waals surface area contributed by atoms with Crippen molar-refractivity contribution in [2.45, 2.75) is 11.4 Å². The quantitative estimate of drug-likeness (QED) is 0.110. The first-order valence-electron chi connectivity index (χ1n) is 12.8.